The summed E-state index contributed by atoms with van der Waals surface area (Å²) in [5.74, 6) is 0.237. The maximum Gasteiger partial charge on any atom is 0.407 e. The maximum absolute atomic E-state index is 12.0. The van der Waals surface area contributed by atoms with Gasteiger partial charge in [-0.2, -0.15) is 0 Å². The van der Waals surface area contributed by atoms with Crippen LogP contribution in [0.25, 0.3) is 11.0 Å². The number of carbonyl (C=O) groups is 2. The molecule has 1 aromatic heterocycles. The van der Waals surface area contributed by atoms with Crippen molar-refractivity contribution in [2.24, 2.45) is 5.73 Å². The van der Waals surface area contributed by atoms with Gasteiger partial charge in [-0.3, -0.25) is 9.69 Å². The number of rotatable bonds is 12. The first-order valence-electron chi connectivity index (χ1n) is 12.5. The van der Waals surface area contributed by atoms with Crippen LogP contribution < -0.4 is 21.5 Å². The number of primary amides is 1. The van der Waals surface area contributed by atoms with Gasteiger partial charge in [0.15, 0.2) is 0 Å². The molecule has 198 valence electrons. The summed E-state index contributed by atoms with van der Waals surface area (Å²) < 4.78 is 18.6. The average Bonchev–Trinajstić information content (AvgIpc) is 3.23. The molecule has 11 heteroatoms. The number of aryl methyl sites for hydroxylation is 1. The Kier molecular flexibility index (Phi) is 9.17. The van der Waals surface area contributed by atoms with E-state index in [1.54, 1.807) is 12.1 Å². The molecule has 0 unspecified atom stereocenters. The number of hydrogen-bond donors (Lipinski definition) is 3. The lowest BCUT2D eigenvalue weighted by Gasteiger charge is -2.26. The van der Waals surface area contributed by atoms with E-state index in [1.165, 1.54) is 0 Å². The Hall–Kier alpha value is -3.83. The van der Waals surface area contributed by atoms with Gasteiger partial charge < -0.3 is 35.6 Å². The zero-order valence-corrected chi connectivity index (χ0v) is 20.9. The molecule has 0 radical (unpaired) electrons. The number of nitrogen functional groups attached to an aromatic ring is 1. The van der Waals surface area contributed by atoms with E-state index in [0.717, 1.165) is 44.8 Å². The van der Waals surface area contributed by atoms with Crippen LogP contribution in [0.2, 0.25) is 0 Å². The first-order chi connectivity index (χ1) is 18.0. The van der Waals surface area contributed by atoms with Gasteiger partial charge in [-0.05, 0) is 30.5 Å². The molecule has 5 N–H and O–H groups in total. The van der Waals surface area contributed by atoms with Gasteiger partial charge in [-0.1, -0.05) is 30.3 Å². The third-order valence-corrected chi connectivity index (χ3v) is 6.14. The smallest absolute Gasteiger partial charge is 0.407 e. The molecule has 1 aliphatic rings. The highest BCUT2D eigenvalue weighted by atomic mass is 16.5. The third kappa shape index (κ3) is 7.34. The summed E-state index contributed by atoms with van der Waals surface area (Å²) in [6.07, 6.45) is 0.924. The molecule has 0 aliphatic carbocycles. The molecule has 37 heavy (non-hydrogen) atoms. The van der Waals surface area contributed by atoms with E-state index in [-0.39, 0.29) is 6.61 Å². The minimum Gasteiger partial charge on any atom is -0.491 e. The number of hydrogen-bond acceptors (Lipinski definition) is 8. The number of nitrogens with one attached hydrogen (secondary N) is 1. The van der Waals surface area contributed by atoms with Crippen LogP contribution in [0.4, 0.5) is 10.7 Å². The van der Waals surface area contributed by atoms with Gasteiger partial charge in [0.25, 0.3) is 0 Å². The molecule has 4 rings (SSSR count). The number of morpholine rings is 1. The Morgan fingerprint density at radius 3 is 2.62 bits per heavy atom. The Morgan fingerprint density at radius 1 is 1.08 bits per heavy atom. The van der Waals surface area contributed by atoms with Gasteiger partial charge in [-0.15, -0.1) is 0 Å². The number of nitrogens with zero attached hydrogens (tertiary/aromatic N) is 3. The van der Waals surface area contributed by atoms with Crippen LogP contribution in [0, 0.1) is 0 Å². The summed E-state index contributed by atoms with van der Waals surface area (Å²) in [4.78, 5) is 30.6. The van der Waals surface area contributed by atoms with Crippen molar-refractivity contribution in [3.05, 3.63) is 53.6 Å². The Balaban J connectivity index is 1.35. The van der Waals surface area contributed by atoms with Crippen LogP contribution in [0.1, 0.15) is 28.8 Å². The molecular weight excluding hydrogens is 476 g/mol. The van der Waals surface area contributed by atoms with Gasteiger partial charge in [-0.25, -0.2) is 9.78 Å². The topological polar surface area (TPSA) is 147 Å². The largest absolute Gasteiger partial charge is 0.491 e. The highest BCUT2D eigenvalue weighted by Crippen LogP contribution is 2.30. The number of carbonyl (C=O) groups excluding carboxylic acids is 2. The molecule has 3 aromatic rings. The highest BCUT2D eigenvalue weighted by molar-refractivity contribution is 5.98. The Labute approximate surface area is 215 Å². The molecular formula is C26H34N6O5. The lowest BCUT2D eigenvalue weighted by Crippen LogP contribution is -2.37. The lowest BCUT2D eigenvalue weighted by atomic mass is 10.1. The third-order valence-electron chi connectivity index (χ3n) is 6.14. The zero-order chi connectivity index (χ0) is 26.0. The van der Waals surface area contributed by atoms with Crippen molar-refractivity contribution in [2.45, 2.75) is 26.0 Å². The van der Waals surface area contributed by atoms with Gasteiger partial charge in [0, 0.05) is 38.3 Å². The van der Waals surface area contributed by atoms with Crippen molar-refractivity contribution in [2.75, 3.05) is 51.7 Å². The molecule has 0 bridgehead atoms. The molecule has 2 heterocycles. The van der Waals surface area contributed by atoms with Crippen molar-refractivity contribution in [1.82, 2.24) is 19.8 Å². The molecule has 11 nitrogen and oxygen atoms in total. The molecule has 0 atom stereocenters. The number of amides is 2. The quantitative estimate of drug-likeness (QED) is 0.314. The average molecular weight is 511 g/mol. The summed E-state index contributed by atoms with van der Waals surface area (Å²) in [5, 5.41) is 2.75. The van der Waals surface area contributed by atoms with Crippen molar-refractivity contribution in [3.8, 4) is 5.75 Å². The normalized spacial score (nSPS) is 13.9. The predicted molar refractivity (Wildman–Crippen MR) is 139 cm³/mol. The van der Waals surface area contributed by atoms with Crippen molar-refractivity contribution >= 4 is 29.0 Å². The van der Waals surface area contributed by atoms with E-state index < -0.39 is 12.0 Å². The minimum atomic E-state index is -0.564. The number of alkyl carbamates (subject to hydrolysis) is 1. The number of benzene rings is 2. The number of imidazole rings is 1. The molecule has 2 amide bonds. The monoisotopic (exact) mass is 510 g/mol. The number of fused-ring (bicyclic) bond motifs is 1. The molecule has 1 saturated heterocycles. The van der Waals surface area contributed by atoms with Crippen LogP contribution >= 0.6 is 0 Å². The van der Waals surface area contributed by atoms with Gasteiger partial charge in [0.05, 0.1) is 25.3 Å². The summed E-state index contributed by atoms with van der Waals surface area (Å²) in [6, 6.07) is 12.7. The standard InChI is InChI=1S/C26H34N6O5/c27-24(33)20-16-21-23(22(17-20)36-13-5-9-31-11-14-35-15-12-31)32(25(28)30-21)10-4-8-29-26(34)37-18-19-6-2-1-3-7-19/h1-3,6-7,16-17H,4-5,8-15,18H2,(H2,27,33)(H2,28,30)(H,29,34). The summed E-state index contributed by atoms with van der Waals surface area (Å²) >= 11 is 0. The first kappa shape index (κ1) is 26.2. The lowest BCUT2D eigenvalue weighted by molar-refractivity contribution is 0.0358. The molecule has 2 aromatic carbocycles. The first-order valence-corrected chi connectivity index (χ1v) is 12.5. The summed E-state index contributed by atoms with van der Waals surface area (Å²) in [6.45, 7) is 5.78. The van der Waals surface area contributed by atoms with E-state index in [1.807, 2.05) is 34.9 Å². The van der Waals surface area contributed by atoms with E-state index in [0.29, 0.717) is 54.4 Å². The fourth-order valence-electron chi connectivity index (χ4n) is 4.22. The van der Waals surface area contributed by atoms with Gasteiger partial charge in [0.1, 0.15) is 17.9 Å². The second-order valence-corrected chi connectivity index (χ2v) is 8.83. The summed E-state index contributed by atoms with van der Waals surface area (Å²) in [7, 11) is 0. The predicted octanol–water partition coefficient (Wildman–Crippen LogP) is 2.14. The van der Waals surface area contributed by atoms with E-state index in [4.69, 9.17) is 25.7 Å². The van der Waals surface area contributed by atoms with Gasteiger partial charge >= 0.3 is 6.09 Å². The van der Waals surface area contributed by atoms with Crippen LogP contribution in [-0.2, 0) is 22.6 Å². The number of ether oxygens (including phenoxy) is 3. The second kappa shape index (κ2) is 12.9. The molecule has 1 fully saturated rings. The maximum atomic E-state index is 12.0. The zero-order valence-electron chi connectivity index (χ0n) is 20.9. The number of aromatic nitrogens is 2. The highest BCUT2D eigenvalue weighted by Gasteiger charge is 2.17. The van der Waals surface area contributed by atoms with E-state index in [2.05, 4.69) is 15.2 Å². The molecule has 0 spiro atoms. The Morgan fingerprint density at radius 2 is 1.86 bits per heavy atom. The second-order valence-electron chi connectivity index (χ2n) is 8.83. The number of nitrogens with two attached hydrogens (primary N) is 2. The fraction of sp³-hybridized carbons (Fsp3) is 0.423. The summed E-state index contributed by atoms with van der Waals surface area (Å²) in [5.41, 5.74) is 14.2. The SMILES string of the molecule is NC(=O)c1cc(OCCCN2CCOCC2)c2c(c1)nc(N)n2CCCNC(=O)OCc1ccccc1. The van der Waals surface area contributed by atoms with Crippen LogP contribution in [0.15, 0.2) is 42.5 Å². The molecule has 0 saturated carbocycles. The van der Waals surface area contributed by atoms with Crippen LogP contribution in [0.3, 0.4) is 0 Å². The van der Waals surface area contributed by atoms with Crippen LogP contribution in [0.5, 0.6) is 5.75 Å². The fourth-order valence-corrected chi connectivity index (χ4v) is 4.22. The van der Waals surface area contributed by atoms with Gasteiger partial charge in [0.2, 0.25) is 11.9 Å². The van der Waals surface area contributed by atoms with Crippen molar-refractivity contribution < 1.29 is 23.8 Å². The van der Waals surface area contributed by atoms with Crippen LogP contribution in [-0.4, -0.2) is 72.5 Å². The Bertz CT molecular complexity index is 1190. The minimum absolute atomic E-state index is 0.209. The van der Waals surface area contributed by atoms with Crippen molar-refractivity contribution in [1.29, 1.82) is 0 Å². The van der Waals surface area contributed by atoms with E-state index in [9.17, 15) is 9.59 Å². The number of anilines is 1. The van der Waals surface area contributed by atoms with E-state index >= 15 is 0 Å². The molecule has 1 aliphatic heterocycles. The van der Waals surface area contributed by atoms with Crippen molar-refractivity contribution in [3.63, 3.8) is 0 Å².